The van der Waals surface area contributed by atoms with Crippen LogP contribution in [0.2, 0.25) is 18.1 Å². The average Bonchev–Trinajstić information content (AvgIpc) is 3.15. The molecular weight excluding hydrogens is 424 g/mol. The molecule has 168 valence electrons. The minimum Gasteiger partial charge on any atom is -0.491 e. The lowest BCUT2D eigenvalue weighted by Crippen LogP contribution is -2.41. The second-order valence-electron chi connectivity index (χ2n) is 9.05. The number of hydrogen-bond donors (Lipinski definition) is 1. The lowest BCUT2D eigenvalue weighted by atomic mass is 10.2. The molecule has 0 saturated carbocycles. The third-order valence-electron chi connectivity index (χ3n) is 5.77. The summed E-state index contributed by atoms with van der Waals surface area (Å²) in [5.41, 5.74) is 3.20. The number of fused-ring (bicyclic) bond motifs is 1. The van der Waals surface area contributed by atoms with E-state index >= 15 is 0 Å². The van der Waals surface area contributed by atoms with E-state index in [4.69, 9.17) is 18.9 Å². The van der Waals surface area contributed by atoms with Crippen LogP contribution in [-0.2, 0) is 9.16 Å². The van der Waals surface area contributed by atoms with Gasteiger partial charge in [0.25, 0.3) is 0 Å². The largest absolute Gasteiger partial charge is 0.491 e. The van der Waals surface area contributed by atoms with Crippen molar-refractivity contribution in [2.45, 2.75) is 38.9 Å². The molecule has 0 atom stereocenters. The van der Waals surface area contributed by atoms with Gasteiger partial charge in [-0.1, -0.05) is 20.8 Å². The Morgan fingerprint density at radius 3 is 2.35 bits per heavy atom. The second-order valence-corrected chi connectivity index (χ2v) is 14.9. The predicted molar refractivity (Wildman–Crippen MR) is 134 cm³/mol. The summed E-state index contributed by atoms with van der Waals surface area (Å²) >= 11 is 1.68. The molecule has 0 bridgehead atoms. The van der Waals surface area contributed by atoms with Crippen molar-refractivity contribution in [2.24, 2.45) is 0 Å². The third kappa shape index (κ3) is 6.29. The van der Waals surface area contributed by atoms with E-state index in [-0.39, 0.29) is 5.04 Å². The number of thiazole rings is 1. The van der Waals surface area contributed by atoms with Gasteiger partial charge in [-0.05, 0) is 60.6 Å². The first-order valence-corrected chi connectivity index (χ1v) is 14.5. The Bertz CT molecular complexity index is 981. The van der Waals surface area contributed by atoms with Crippen LogP contribution in [0.15, 0.2) is 42.5 Å². The maximum atomic E-state index is 6.12. The predicted octanol–water partition coefficient (Wildman–Crippen LogP) is 6.42. The Morgan fingerprint density at radius 2 is 1.68 bits per heavy atom. The first kappa shape index (κ1) is 23.7. The highest BCUT2D eigenvalue weighted by molar-refractivity contribution is 7.21. The van der Waals surface area contributed by atoms with Gasteiger partial charge in [-0.15, -0.1) is 11.3 Å². The van der Waals surface area contributed by atoms with Gasteiger partial charge in [-0.25, -0.2) is 4.98 Å². The van der Waals surface area contributed by atoms with Gasteiger partial charge in [0.2, 0.25) is 0 Å². The van der Waals surface area contributed by atoms with Crippen molar-refractivity contribution in [1.82, 2.24) is 4.98 Å². The van der Waals surface area contributed by atoms with E-state index in [9.17, 15) is 0 Å². The number of anilines is 1. The summed E-state index contributed by atoms with van der Waals surface area (Å²) in [6.07, 6.45) is 0. The zero-order valence-electron chi connectivity index (χ0n) is 19.5. The van der Waals surface area contributed by atoms with Crippen LogP contribution in [0, 0.1) is 0 Å². The van der Waals surface area contributed by atoms with Gasteiger partial charge in [-0.2, -0.15) is 0 Å². The molecule has 0 radical (unpaired) electrons. The lowest BCUT2D eigenvalue weighted by molar-refractivity contribution is 0.0731. The topological polar surface area (TPSA) is 52.6 Å². The van der Waals surface area contributed by atoms with E-state index in [1.807, 2.05) is 19.2 Å². The Labute approximate surface area is 190 Å². The molecule has 0 aliphatic heterocycles. The fraction of sp³-hybridized carbons (Fsp3) is 0.458. The molecule has 3 rings (SSSR count). The van der Waals surface area contributed by atoms with Gasteiger partial charge in [0.15, 0.2) is 8.32 Å². The molecule has 5 nitrogen and oxygen atoms in total. The van der Waals surface area contributed by atoms with Crippen LogP contribution in [0.5, 0.6) is 5.75 Å². The molecule has 3 aromatic rings. The number of rotatable bonds is 10. The summed E-state index contributed by atoms with van der Waals surface area (Å²) in [6.45, 7) is 13.6. The van der Waals surface area contributed by atoms with E-state index in [0.717, 1.165) is 32.2 Å². The summed E-state index contributed by atoms with van der Waals surface area (Å²) in [5, 5.41) is 4.38. The summed E-state index contributed by atoms with van der Waals surface area (Å²) in [6, 6.07) is 14.3. The minimum atomic E-state index is -1.70. The Morgan fingerprint density at radius 1 is 0.968 bits per heavy atom. The molecule has 0 aliphatic carbocycles. The van der Waals surface area contributed by atoms with Crippen LogP contribution in [0.1, 0.15) is 20.8 Å². The van der Waals surface area contributed by atoms with Gasteiger partial charge >= 0.3 is 0 Å². The van der Waals surface area contributed by atoms with Crippen molar-refractivity contribution in [3.05, 3.63) is 42.5 Å². The summed E-state index contributed by atoms with van der Waals surface area (Å²) in [4.78, 5) is 4.75. The fourth-order valence-electron chi connectivity index (χ4n) is 2.79. The van der Waals surface area contributed by atoms with E-state index < -0.39 is 8.32 Å². The van der Waals surface area contributed by atoms with Crippen molar-refractivity contribution in [2.75, 3.05) is 38.8 Å². The number of hydrogen-bond acceptors (Lipinski definition) is 6. The highest BCUT2D eigenvalue weighted by Crippen LogP contribution is 2.36. The molecule has 0 aliphatic rings. The maximum Gasteiger partial charge on any atom is 0.192 e. The third-order valence-corrected chi connectivity index (χ3v) is 11.4. The van der Waals surface area contributed by atoms with Crippen LogP contribution in [0.3, 0.4) is 0 Å². The standard InChI is InChI=1S/C24H34N2O3SSi/c1-24(2,3)31(5,6)29-16-14-27-13-15-28-20-11-12-21-22(17-20)30-23(26-21)18-7-9-19(25-4)10-8-18/h7-12,17,25H,13-16H2,1-6H3. The SMILES string of the molecule is CNc1ccc(-c2nc3ccc(OCCOCCO[Si](C)(C)C(C)(C)C)cc3s2)cc1. The van der Waals surface area contributed by atoms with Crippen LogP contribution >= 0.6 is 11.3 Å². The molecule has 31 heavy (non-hydrogen) atoms. The van der Waals surface area contributed by atoms with Crippen molar-refractivity contribution in [1.29, 1.82) is 0 Å². The number of benzene rings is 2. The number of aromatic nitrogens is 1. The zero-order chi connectivity index (χ0) is 22.5. The number of ether oxygens (including phenoxy) is 2. The van der Waals surface area contributed by atoms with Gasteiger partial charge < -0.3 is 19.2 Å². The normalized spacial score (nSPS) is 12.3. The molecular formula is C24H34N2O3SSi. The quantitative estimate of drug-likeness (QED) is 0.280. The molecule has 0 amide bonds. The van der Waals surface area contributed by atoms with Crippen LogP contribution < -0.4 is 10.1 Å². The van der Waals surface area contributed by atoms with Gasteiger partial charge in [0.05, 0.1) is 30.0 Å². The van der Waals surface area contributed by atoms with E-state index in [2.05, 4.69) is 69.5 Å². The first-order valence-electron chi connectivity index (χ1n) is 10.7. The summed E-state index contributed by atoms with van der Waals surface area (Å²) in [5.74, 6) is 0.842. The van der Waals surface area contributed by atoms with Crippen molar-refractivity contribution < 1.29 is 13.9 Å². The molecule has 1 N–H and O–H groups in total. The highest BCUT2D eigenvalue weighted by atomic mass is 32.1. The molecule has 0 saturated heterocycles. The Kier molecular flexibility index (Phi) is 7.75. The van der Waals surface area contributed by atoms with E-state index in [0.29, 0.717) is 26.4 Å². The van der Waals surface area contributed by atoms with Crippen LogP contribution in [0.25, 0.3) is 20.8 Å². The smallest absolute Gasteiger partial charge is 0.192 e. The summed E-state index contributed by atoms with van der Waals surface area (Å²) < 4.78 is 18.8. The molecule has 2 aromatic carbocycles. The zero-order valence-corrected chi connectivity index (χ0v) is 21.3. The van der Waals surface area contributed by atoms with Gasteiger partial charge in [0, 0.05) is 18.3 Å². The van der Waals surface area contributed by atoms with Crippen molar-refractivity contribution in [3.8, 4) is 16.3 Å². The molecule has 0 unspecified atom stereocenters. The number of nitrogens with zero attached hydrogens (tertiary/aromatic N) is 1. The van der Waals surface area contributed by atoms with E-state index in [1.165, 1.54) is 0 Å². The van der Waals surface area contributed by atoms with Gasteiger partial charge in [0.1, 0.15) is 17.4 Å². The molecule has 0 fully saturated rings. The fourth-order valence-corrected chi connectivity index (χ4v) is 4.82. The Hall–Kier alpha value is -1.93. The molecule has 7 heteroatoms. The monoisotopic (exact) mass is 458 g/mol. The molecule has 1 aromatic heterocycles. The van der Waals surface area contributed by atoms with Crippen LogP contribution in [0.4, 0.5) is 5.69 Å². The van der Waals surface area contributed by atoms with Gasteiger partial charge in [-0.3, -0.25) is 0 Å². The maximum absolute atomic E-state index is 6.12. The van der Waals surface area contributed by atoms with Crippen molar-refractivity contribution >= 4 is 35.6 Å². The minimum absolute atomic E-state index is 0.224. The second kappa shape index (κ2) is 10.1. The van der Waals surface area contributed by atoms with Crippen molar-refractivity contribution in [3.63, 3.8) is 0 Å². The highest BCUT2D eigenvalue weighted by Gasteiger charge is 2.36. The average molecular weight is 459 g/mol. The van der Waals surface area contributed by atoms with Crippen LogP contribution in [-0.4, -0.2) is 46.8 Å². The molecule has 0 spiro atoms. The first-order chi connectivity index (χ1) is 14.7. The molecule has 1 heterocycles. The number of nitrogens with one attached hydrogen (secondary N) is 1. The lowest BCUT2D eigenvalue weighted by Gasteiger charge is -2.36. The summed E-state index contributed by atoms with van der Waals surface area (Å²) in [7, 11) is 0.220. The van der Waals surface area contributed by atoms with E-state index in [1.54, 1.807) is 11.3 Å². The Balaban J connectivity index is 1.46.